The minimum atomic E-state index is 0.171. The number of rotatable bonds is 3. The molecule has 2 fully saturated rings. The Kier molecular flexibility index (Phi) is 3.92. The normalized spacial score (nSPS) is 27.5. The van der Waals surface area contributed by atoms with Crippen LogP contribution in [0.1, 0.15) is 43.2 Å². The minimum absolute atomic E-state index is 0.171. The highest BCUT2D eigenvalue weighted by Gasteiger charge is 2.35. The Morgan fingerprint density at radius 2 is 1.95 bits per heavy atom. The van der Waals surface area contributed by atoms with E-state index in [4.69, 9.17) is 10.9 Å². The van der Waals surface area contributed by atoms with Gasteiger partial charge in [-0.2, -0.15) is 0 Å². The van der Waals surface area contributed by atoms with Gasteiger partial charge in [-0.3, -0.25) is 4.90 Å². The van der Waals surface area contributed by atoms with Gasteiger partial charge >= 0.3 is 0 Å². The van der Waals surface area contributed by atoms with Crippen molar-refractivity contribution in [2.24, 2.45) is 16.8 Å². The van der Waals surface area contributed by atoms with Crippen molar-refractivity contribution in [3.05, 3.63) is 35.4 Å². The molecule has 4 heteroatoms. The van der Waals surface area contributed by atoms with Crippen LogP contribution in [0.15, 0.2) is 29.4 Å². The number of benzene rings is 1. The Balaban J connectivity index is 1.66. The zero-order chi connectivity index (χ0) is 13.9. The van der Waals surface area contributed by atoms with Crippen LogP contribution in [-0.2, 0) is 6.54 Å². The number of nitrogens with zero attached hydrogens (tertiary/aromatic N) is 2. The van der Waals surface area contributed by atoms with Gasteiger partial charge in [-0.15, -0.1) is 0 Å². The molecule has 1 aliphatic carbocycles. The van der Waals surface area contributed by atoms with Gasteiger partial charge in [-0.25, -0.2) is 0 Å². The first-order chi connectivity index (χ1) is 9.78. The zero-order valence-corrected chi connectivity index (χ0v) is 11.8. The van der Waals surface area contributed by atoms with Crippen LogP contribution < -0.4 is 5.73 Å². The third-order valence-corrected chi connectivity index (χ3v) is 4.87. The highest BCUT2D eigenvalue weighted by atomic mass is 16.4. The molecule has 2 unspecified atom stereocenters. The monoisotopic (exact) mass is 273 g/mol. The lowest BCUT2D eigenvalue weighted by molar-refractivity contribution is 0.176. The summed E-state index contributed by atoms with van der Waals surface area (Å²) in [7, 11) is 0. The fraction of sp³-hybridized carbons (Fsp3) is 0.562. The van der Waals surface area contributed by atoms with Crippen LogP contribution in [0, 0.1) is 5.92 Å². The smallest absolute Gasteiger partial charge is 0.170 e. The Labute approximate surface area is 120 Å². The Morgan fingerprint density at radius 3 is 2.70 bits per heavy atom. The Hall–Kier alpha value is -1.55. The van der Waals surface area contributed by atoms with Gasteiger partial charge in [-0.05, 0) is 37.3 Å². The average Bonchev–Trinajstić information content (AvgIpc) is 2.91. The number of oxime groups is 1. The van der Waals surface area contributed by atoms with E-state index in [0.29, 0.717) is 0 Å². The predicted octanol–water partition coefficient (Wildman–Crippen LogP) is 2.55. The van der Waals surface area contributed by atoms with Gasteiger partial charge in [0.1, 0.15) is 0 Å². The summed E-state index contributed by atoms with van der Waals surface area (Å²) in [6, 6.07) is 8.83. The van der Waals surface area contributed by atoms with E-state index in [1.165, 1.54) is 44.2 Å². The molecule has 3 rings (SSSR count). The van der Waals surface area contributed by atoms with Crippen LogP contribution in [-0.4, -0.2) is 28.5 Å². The maximum absolute atomic E-state index is 8.67. The molecule has 2 atom stereocenters. The first-order valence-electron chi connectivity index (χ1n) is 7.59. The summed E-state index contributed by atoms with van der Waals surface area (Å²) in [5.74, 6) is 1.10. The molecule has 3 N–H and O–H groups in total. The van der Waals surface area contributed by atoms with Gasteiger partial charge in [0.15, 0.2) is 5.84 Å². The zero-order valence-electron chi connectivity index (χ0n) is 11.8. The number of amidine groups is 1. The maximum Gasteiger partial charge on any atom is 0.170 e. The molecule has 4 nitrogen and oxygen atoms in total. The van der Waals surface area contributed by atoms with Gasteiger partial charge in [0.25, 0.3) is 0 Å². The predicted molar refractivity (Wildman–Crippen MR) is 79.7 cm³/mol. The molecule has 1 aliphatic heterocycles. The lowest BCUT2D eigenvalue weighted by Crippen LogP contribution is -2.34. The van der Waals surface area contributed by atoms with Crippen LogP contribution in [0.4, 0.5) is 0 Å². The largest absolute Gasteiger partial charge is 0.409 e. The maximum atomic E-state index is 8.67. The second-order valence-corrected chi connectivity index (χ2v) is 6.05. The van der Waals surface area contributed by atoms with Gasteiger partial charge in [-0.1, -0.05) is 42.3 Å². The van der Waals surface area contributed by atoms with Crippen LogP contribution >= 0.6 is 0 Å². The number of likely N-dealkylation sites (tertiary alicyclic amines) is 1. The van der Waals surface area contributed by atoms with E-state index in [-0.39, 0.29) is 5.84 Å². The summed E-state index contributed by atoms with van der Waals surface area (Å²) in [6.45, 7) is 2.26. The van der Waals surface area contributed by atoms with E-state index < -0.39 is 0 Å². The molecule has 0 spiro atoms. The van der Waals surface area contributed by atoms with Crippen molar-refractivity contribution in [1.82, 2.24) is 4.90 Å². The van der Waals surface area contributed by atoms with Gasteiger partial charge in [0.2, 0.25) is 0 Å². The first kappa shape index (κ1) is 13.4. The molecule has 0 bridgehead atoms. The van der Waals surface area contributed by atoms with E-state index >= 15 is 0 Å². The number of hydrogen-bond donors (Lipinski definition) is 2. The molecule has 2 aliphatic rings. The summed E-state index contributed by atoms with van der Waals surface area (Å²) in [4.78, 5) is 2.64. The SMILES string of the molecule is N/C(=N/O)c1ccc(CN2CCC3CCCCC32)cc1. The van der Waals surface area contributed by atoms with E-state index in [2.05, 4.69) is 22.2 Å². The molecule has 1 saturated carbocycles. The van der Waals surface area contributed by atoms with Crippen LogP contribution in [0.3, 0.4) is 0 Å². The Morgan fingerprint density at radius 1 is 1.20 bits per heavy atom. The van der Waals surface area contributed by atoms with Crippen molar-refractivity contribution < 1.29 is 5.21 Å². The quantitative estimate of drug-likeness (QED) is 0.385. The molecule has 20 heavy (non-hydrogen) atoms. The third-order valence-electron chi connectivity index (χ3n) is 4.87. The van der Waals surface area contributed by atoms with E-state index in [1.807, 2.05) is 12.1 Å². The highest BCUT2D eigenvalue weighted by Crippen LogP contribution is 2.36. The van der Waals surface area contributed by atoms with Crippen molar-refractivity contribution in [1.29, 1.82) is 0 Å². The molecule has 1 aromatic rings. The van der Waals surface area contributed by atoms with Gasteiger partial charge < -0.3 is 10.9 Å². The van der Waals surface area contributed by atoms with Crippen LogP contribution in [0.5, 0.6) is 0 Å². The molecule has 1 saturated heterocycles. The summed E-state index contributed by atoms with van der Waals surface area (Å²) >= 11 is 0. The lowest BCUT2D eigenvalue weighted by atomic mass is 9.85. The van der Waals surface area contributed by atoms with Crippen molar-refractivity contribution in [3.63, 3.8) is 0 Å². The van der Waals surface area contributed by atoms with E-state index in [9.17, 15) is 0 Å². The number of fused-ring (bicyclic) bond motifs is 1. The van der Waals surface area contributed by atoms with Crippen LogP contribution in [0.25, 0.3) is 0 Å². The molecular formula is C16H23N3O. The summed E-state index contributed by atoms with van der Waals surface area (Å²) < 4.78 is 0. The van der Waals surface area contributed by atoms with E-state index in [0.717, 1.165) is 24.1 Å². The van der Waals surface area contributed by atoms with Gasteiger partial charge in [0, 0.05) is 18.2 Å². The molecule has 1 heterocycles. The Bertz CT molecular complexity index is 483. The number of hydrogen-bond acceptors (Lipinski definition) is 3. The van der Waals surface area contributed by atoms with E-state index in [1.54, 1.807) is 0 Å². The first-order valence-corrected chi connectivity index (χ1v) is 7.59. The standard InChI is InChI=1S/C16H23N3O/c17-16(18-20)14-7-5-12(6-8-14)11-19-10-9-13-3-1-2-4-15(13)19/h5-8,13,15,20H,1-4,9-11H2,(H2,17,18). The van der Waals surface area contributed by atoms with Crippen molar-refractivity contribution in [2.75, 3.05) is 6.54 Å². The van der Waals surface area contributed by atoms with Crippen LogP contribution in [0.2, 0.25) is 0 Å². The van der Waals surface area contributed by atoms with Crippen molar-refractivity contribution in [2.45, 2.75) is 44.7 Å². The highest BCUT2D eigenvalue weighted by molar-refractivity contribution is 5.96. The number of nitrogens with two attached hydrogens (primary N) is 1. The van der Waals surface area contributed by atoms with Gasteiger partial charge in [0.05, 0.1) is 0 Å². The molecule has 1 aromatic carbocycles. The second kappa shape index (κ2) is 5.83. The molecule has 0 amide bonds. The minimum Gasteiger partial charge on any atom is -0.409 e. The molecular weight excluding hydrogens is 250 g/mol. The molecule has 108 valence electrons. The fourth-order valence-electron chi connectivity index (χ4n) is 3.77. The topological polar surface area (TPSA) is 61.9 Å². The lowest BCUT2D eigenvalue weighted by Gasteiger charge is -2.31. The molecule has 0 aromatic heterocycles. The summed E-state index contributed by atoms with van der Waals surface area (Å²) in [5.41, 5.74) is 7.67. The third kappa shape index (κ3) is 2.66. The fourth-order valence-corrected chi connectivity index (χ4v) is 3.77. The molecule has 0 radical (unpaired) electrons. The van der Waals surface area contributed by atoms with Crippen molar-refractivity contribution in [3.8, 4) is 0 Å². The summed E-state index contributed by atoms with van der Waals surface area (Å²) in [6.07, 6.45) is 6.97. The van der Waals surface area contributed by atoms with Crippen molar-refractivity contribution >= 4 is 5.84 Å². The second-order valence-electron chi connectivity index (χ2n) is 6.05. The average molecular weight is 273 g/mol. The summed E-state index contributed by atoms with van der Waals surface area (Å²) in [5, 5.41) is 11.7.